The Kier molecular flexibility index (Phi) is 9.48. The fourth-order valence-corrected chi connectivity index (χ4v) is 5.88. The first-order valence-electron chi connectivity index (χ1n) is 10.3. The standard InChI is InChI=1S/C19H31N5O5S2/c1-10(2)15-18(28)22-12(16(26)20-4)8-30-31-9-13(21-11(3)25)19(29)24-7-5-6-14(24)17(27)23-15/h10,12-15H,5-9H2,1-4H3,(H,20,26)(H,21,25)(H,22,28)(H,23,27)/t12-,13-,14-,15-/m0/s1. The van der Waals surface area contributed by atoms with Gasteiger partial charge in [-0.25, -0.2) is 0 Å². The van der Waals surface area contributed by atoms with E-state index in [0.717, 1.165) is 0 Å². The number of carbonyl (C=O) groups is 5. The molecule has 0 aromatic carbocycles. The van der Waals surface area contributed by atoms with Gasteiger partial charge in [0.1, 0.15) is 24.2 Å². The Morgan fingerprint density at radius 3 is 2.39 bits per heavy atom. The number of nitrogens with one attached hydrogen (secondary N) is 4. The van der Waals surface area contributed by atoms with Gasteiger partial charge in [-0.15, -0.1) is 0 Å². The highest BCUT2D eigenvalue weighted by molar-refractivity contribution is 8.76. The number of nitrogens with zero attached hydrogens (tertiary/aromatic N) is 1. The minimum absolute atomic E-state index is 0.220. The number of amides is 5. The maximum Gasteiger partial charge on any atom is 0.246 e. The maximum atomic E-state index is 13.1. The average molecular weight is 474 g/mol. The zero-order valence-corrected chi connectivity index (χ0v) is 19.9. The van der Waals surface area contributed by atoms with Crippen molar-refractivity contribution in [3.63, 3.8) is 0 Å². The number of fused-ring (bicyclic) bond motifs is 1. The first-order valence-corrected chi connectivity index (χ1v) is 12.8. The van der Waals surface area contributed by atoms with Gasteiger partial charge in [0.05, 0.1) is 0 Å². The monoisotopic (exact) mass is 473 g/mol. The zero-order chi connectivity index (χ0) is 23.1. The number of hydrogen-bond donors (Lipinski definition) is 4. The van der Waals surface area contributed by atoms with Gasteiger partial charge in [0.2, 0.25) is 29.5 Å². The Bertz CT molecular complexity index is 720. The lowest BCUT2D eigenvalue weighted by atomic mass is 10.0. The molecule has 174 valence electrons. The summed E-state index contributed by atoms with van der Waals surface area (Å²) in [6.45, 7) is 5.37. The van der Waals surface area contributed by atoms with Crippen LogP contribution in [0.1, 0.15) is 33.6 Å². The minimum Gasteiger partial charge on any atom is -0.357 e. The van der Waals surface area contributed by atoms with Gasteiger partial charge in [0.25, 0.3) is 0 Å². The molecule has 0 bridgehead atoms. The molecule has 2 rings (SSSR count). The third-order valence-corrected chi connectivity index (χ3v) is 7.62. The molecule has 2 heterocycles. The number of rotatable bonds is 3. The van der Waals surface area contributed by atoms with Crippen molar-refractivity contribution in [2.45, 2.75) is 57.8 Å². The van der Waals surface area contributed by atoms with Gasteiger partial charge in [-0.1, -0.05) is 35.4 Å². The molecular weight excluding hydrogens is 442 g/mol. The number of carbonyl (C=O) groups excluding carboxylic acids is 5. The highest BCUT2D eigenvalue weighted by atomic mass is 33.1. The molecule has 2 aliphatic rings. The van der Waals surface area contributed by atoms with Gasteiger partial charge >= 0.3 is 0 Å². The van der Waals surface area contributed by atoms with Crippen LogP contribution in [0, 0.1) is 5.92 Å². The Hall–Kier alpha value is -1.95. The summed E-state index contributed by atoms with van der Waals surface area (Å²) in [5.41, 5.74) is 0. The quantitative estimate of drug-likeness (QED) is 0.396. The molecule has 4 N–H and O–H groups in total. The average Bonchev–Trinajstić information content (AvgIpc) is 3.20. The Labute approximate surface area is 190 Å². The van der Waals surface area contributed by atoms with Gasteiger partial charge in [-0.2, -0.15) is 0 Å². The van der Waals surface area contributed by atoms with Gasteiger partial charge in [-0.05, 0) is 18.8 Å². The van der Waals surface area contributed by atoms with Crippen molar-refractivity contribution in [2.75, 3.05) is 25.1 Å². The Balaban J connectivity index is 2.33. The van der Waals surface area contributed by atoms with Gasteiger partial charge in [0, 0.05) is 32.0 Å². The van der Waals surface area contributed by atoms with Gasteiger partial charge in [0.15, 0.2) is 0 Å². The smallest absolute Gasteiger partial charge is 0.246 e. The minimum atomic E-state index is -0.844. The third kappa shape index (κ3) is 6.76. The lowest BCUT2D eigenvalue weighted by Crippen LogP contribution is -2.59. The molecule has 2 saturated heterocycles. The Morgan fingerprint density at radius 2 is 1.77 bits per heavy atom. The summed E-state index contributed by atoms with van der Waals surface area (Å²) < 4.78 is 0. The van der Waals surface area contributed by atoms with Crippen LogP contribution in [0.4, 0.5) is 0 Å². The molecule has 0 radical (unpaired) electrons. The van der Waals surface area contributed by atoms with Crippen molar-refractivity contribution in [2.24, 2.45) is 5.92 Å². The zero-order valence-electron chi connectivity index (χ0n) is 18.2. The van der Waals surface area contributed by atoms with Crippen molar-refractivity contribution in [1.29, 1.82) is 0 Å². The molecular formula is C19H31N5O5S2. The molecule has 0 saturated carbocycles. The van der Waals surface area contributed by atoms with Crippen molar-refractivity contribution in [1.82, 2.24) is 26.2 Å². The van der Waals surface area contributed by atoms with Crippen molar-refractivity contribution in [3.8, 4) is 0 Å². The van der Waals surface area contributed by atoms with Crippen LogP contribution in [0.3, 0.4) is 0 Å². The molecule has 10 nitrogen and oxygen atoms in total. The van der Waals surface area contributed by atoms with E-state index >= 15 is 0 Å². The van der Waals surface area contributed by atoms with Crippen LogP contribution < -0.4 is 21.3 Å². The SMILES string of the molecule is CNC(=O)[C@@H]1CSSC[C@H](NC(C)=O)C(=O)N2CCC[C@H]2C(=O)N[C@@H](C(C)C)C(=O)N1. The van der Waals surface area contributed by atoms with E-state index < -0.39 is 36.0 Å². The molecule has 0 aromatic heterocycles. The fourth-order valence-electron chi connectivity index (χ4n) is 3.56. The van der Waals surface area contributed by atoms with Crippen LogP contribution in [-0.2, 0) is 24.0 Å². The molecule has 12 heteroatoms. The first kappa shape index (κ1) is 25.3. The molecule has 2 fully saturated rings. The molecule has 2 aliphatic heterocycles. The largest absolute Gasteiger partial charge is 0.357 e. The summed E-state index contributed by atoms with van der Waals surface area (Å²) in [5, 5.41) is 10.7. The van der Waals surface area contributed by atoms with E-state index in [-0.39, 0.29) is 35.1 Å². The van der Waals surface area contributed by atoms with E-state index in [2.05, 4.69) is 21.3 Å². The van der Waals surface area contributed by atoms with E-state index in [0.29, 0.717) is 19.4 Å². The predicted molar refractivity (Wildman–Crippen MR) is 120 cm³/mol. The summed E-state index contributed by atoms with van der Waals surface area (Å²) in [7, 11) is 4.15. The number of hydrogen-bond acceptors (Lipinski definition) is 7. The molecule has 0 aromatic rings. The topological polar surface area (TPSA) is 137 Å². The lowest BCUT2D eigenvalue weighted by molar-refractivity contribution is -0.141. The highest BCUT2D eigenvalue weighted by Gasteiger charge is 2.39. The van der Waals surface area contributed by atoms with E-state index in [1.54, 1.807) is 13.8 Å². The van der Waals surface area contributed by atoms with Gasteiger partial charge < -0.3 is 26.2 Å². The van der Waals surface area contributed by atoms with Crippen LogP contribution >= 0.6 is 21.6 Å². The van der Waals surface area contributed by atoms with Crippen molar-refractivity contribution < 1.29 is 24.0 Å². The summed E-state index contributed by atoms with van der Waals surface area (Å²) in [6.07, 6.45) is 1.15. The molecule has 0 aliphatic carbocycles. The van der Waals surface area contributed by atoms with Crippen LogP contribution in [0.2, 0.25) is 0 Å². The van der Waals surface area contributed by atoms with Crippen LogP contribution in [0.5, 0.6) is 0 Å². The maximum absolute atomic E-state index is 13.1. The second-order valence-corrected chi connectivity index (χ2v) is 10.5. The highest BCUT2D eigenvalue weighted by Crippen LogP contribution is 2.26. The molecule has 0 spiro atoms. The van der Waals surface area contributed by atoms with Crippen molar-refractivity contribution in [3.05, 3.63) is 0 Å². The fraction of sp³-hybridized carbons (Fsp3) is 0.737. The molecule has 31 heavy (non-hydrogen) atoms. The molecule has 5 amide bonds. The van der Waals surface area contributed by atoms with E-state index in [1.165, 1.54) is 40.5 Å². The van der Waals surface area contributed by atoms with E-state index in [1.807, 2.05) is 0 Å². The van der Waals surface area contributed by atoms with Gasteiger partial charge in [-0.3, -0.25) is 24.0 Å². The summed E-state index contributed by atoms with van der Waals surface area (Å²) in [6, 6.07) is -3.12. The van der Waals surface area contributed by atoms with E-state index in [9.17, 15) is 24.0 Å². The summed E-state index contributed by atoms with van der Waals surface area (Å²) in [5.74, 6) is -1.52. The summed E-state index contributed by atoms with van der Waals surface area (Å²) in [4.78, 5) is 64.4. The van der Waals surface area contributed by atoms with Crippen LogP contribution in [0.15, 0.2) is 0 Å². The lowest BCUT2D eigenvalue weighted by Gasteiger charge is -2.31. The summed E-state index contributed by atoms with van der Waals surface area (Å²) >= 11 is 0. The van der Waals surface area contributed by atoms with Crippen LogP contribution in [-0.4, -0.2) is 83.7 Å². The molecule has 0 unspecified atom stereocenters. The van der Waals surface area contributed by atoms with E-state index in [4.69, 9.17) is 0 Å². The Morgan fingerprint density at radius 1 is 1.10 bits per heavy atom. The molecule has 4 atom stereocenters. The normalized spacial score (nSPS) is 28.3. The second kappa shape index (κ2) is 11.6. The number of likely N-dealkylation sites (N-methyl/N-ethyl adjacent to an activating group) is 1. The van der Waals surface area contributed by atoms with Crippen LogP contribution in [0.25, 0.3) is 0 Å². The predicted octanol–water partition coefficient (Wildman–Crippen LogP) is -0.751. The first-order chi connectivity index (χ1) is 14.6. The third-order valence-electron chi connectivity index (χ3n) is 5.19. The van der Waals surface area contributed by atoms with Crippen molar-refractivity contribution >= 4 is 51.1 Å². The second-order valence-electron chi connectivity index (χ2n) is 7.92.